The number of benzene rings is 2. The molecule has 3 rings (SSSR count). The zero-order valence-corrected chi connectivity index (χ0v) is 14.0. The van der Waals surface area contributed by atoms with E-state index in [1.54, 1.807) is 25.3 Å². The number of fused-ring (bicyclic) bond motifs is 1. The molecule has 0 aliphatic carbocycles. The van der Waals surface area contributed by atoms with Gasteiger partial charge in [0.05, 0.1) is 30.3 Å². The topological polar surface area (TPSA) is 75.0 Å². The van der Waals surface area contributed by atoms with Crippen molar-refractivity contribution in [2.24, 2.45) is 0 Å². The fourth-order valence-electron chi connectivity index (χ4n) is 2.56. The first-order chi connectivity index (χ1) is 12.1. The van der Waals surface area contributed by atoms with Crippen LogP contribution in [0, 0.1) is 11.3 Å². The zero-order valence-electron chi connectivity index (χ0n) is 14.0. The molecule has 1 heterocycles. The van der Waals surface area contributed by atoms with Crippen molar-refractivity contribution in [3.8, 4) is 11.8 Å². The lowest BCUT2D eigenvalue weighted by Crippen LogP contribution is -2.27. The molecular formula is C20H17N3O2. The quantitative estimate of drug-likeness (QED) is 0.792. The highest BCUT2D eigenvalue weighted by Crippen LogP contribution is 2.20. The molecule has 0 radical (unpaired) electrons. The predicted octanol–water partition coefficient (Wildman–Crippen LogP) is 3.61. The minimum Gasteiger partial charge on any atom is -0.497 e. The van der Waals surface area contributed by atoms with Gasteiger partial charge in [-0.1, -0.05) is 18.2 Å². The Kier molecular flexibility index (Phi) is 4.62. The van der Waals surface area contributed by atoms with Crippen LogP contribution in [0.5, 0.6) is 5.75 Å². The number of methoxy groups -OCH3 is 1. The van der Waals surface area contributed by atoms with E-state index < -0.39 is 0 Å². The van der Waals surface area contributed by atoms with Crippen molar-refractivity contribution in [3.05, 3.63) is 71.4 Å². The van der Waals surface area contributed by atoms with Gasteiger partial charge in [0.25, 0.3) is 5.91 Å². The molecule has 5 heteroatoms. The lowest BCUT2D eigenvalue weighted by molar-refractivity contribution is 0.0935. The standard InChI is InChI=1S/C20H17N3O2/c1-13(15-5-3-14(12-21)4-6-15)22-20(24)19-9-7-16-11-17(25-2)8-10-18(16)23-19/h3-11,13H,1-2H3,(H,22,24). The van der Waals surface area contributed by atoms with Crippen molar-refractivity contribution in [1.82, 2.24) is 10.3 Å². The number of carbonyl (C=O) groups excluding carboxylic acids is 1. The number of nitrogens with zero attached hydrogens (tertiary/aromatic N) is 2. The van der Waals surface area contributed by atoms with Crippen molar-refractivity contribution < 1.29 is 9.53 Å². The molecule has 1 amide bonds. The zero-order chi connectivity index (χ0) is 17.8. The second-order valence-electron chi connectivity index (χ2n) is 5.68. The molecule has 5 nitrogen and oxygen atoms in total. The van der Waals surface area contributed by atoms with E-state index in [4.69, 9.17) is 10.00 Å². The Hall–Kier alpha value is -3.39. The Bertz CT molecular complexity index is 959. The molecule has 0 fully saturated rings. The number of amides is 1. The summed E-state index contributed by atoms with van der Waals surface area (Å²) in [5.41, 5.74) is 2.62. The number of aromatic nitrogens is 1. The van der Waals surface area contributed by atoms with Crippen LogP contribution in [0.1, 0.15) is 34.6 Å². The van der Waals surface area contributed by atoms with Gasteiger partial charge >= 0.3 is 0 Å². The lowest BCUT2D eigenvalue weighted by atomic mass is 10.1. The van der Waals surface area contributed by atoms with Crippen LogP contribution in [0.15, 0.2) is 54.6 Å². The summed E-state index contributed by atoms with van der Waals surface area (Å²) < 4.78 is 5.19. The minimum atomic E-state index is -0.241. The Labute approximate surface area is 145 Å². The maximum Gasteiger partial charge on any atom is 0.270 e. The molecule has 1 N–H and O–H groups in total. The molecule has 1 unspecified atom stereocenters. The Morgan fingerprint density at radius 1 is 1.16 bits per heavy atom. The van der Waals surface area contributed by atoms with E-state index in [1.807, 2.05) is 43.3 Å². The lowest BCUT2D eigenvalue weighted by Gasteiger charge is -2.14. The summed E-state index contributed by atoms with van der Waals surface area (Å²) in [7, 11) is 1.61. The third kappa shape index (κ3) is 3.59. The molecule has 0 bridgehead atoms. The van der Waals surface area contributed by atoms with Crippen molar-refractivity contribution in [2.75, 3.05) is 7.11 Å². The molecule has 3 aromatic rings. The summed E-state index contributed by atoms with van der Waals surface area (Å²) >= 11 is 0. The molecular weight excluding hydrogens is 314 g/mol. The first-order valence-corrected chi connectivity index (χ1v) is 7.86. The third-order valence-corrected chi connectivity index (χ3v) is 4.02. The molecule has 0 aliphatic heterocycles. The molecule has 25 heavy (non-hydrogen) atoms. The largest absolute Gasteiger partial charge is 0.497 e. The summed E-state index contributed by atoms with van der Waals surface area (Å²) in [6, 6.07) is 18.1. The molecule has 1 atom stereocenters. The highest BCUT2D eigenvalue weighted by atomic mass is 16.5. The van der Waals surface area contributed by atoms with Gasteiger partial charge in [-0.2, -0.15) is 5.26 Å². The van der Waals surface area contributed by atoms with Gasteiger partial charge in [-0.15, -0.1) is 0 Å². The number of hydrogen-bond acceptors (Lipinski definition) is 4. The molecule has 124 valence electrons. The number of pyridine rings is 1. The summed E-state index contributed by atoms with van der Waals surface area (Å²) in [5.74, 6) is 0.510. The number of carbonyl (C=O) groups is 1. The van der Waals surface area contributed by atoms with Crippen molar-refractivity contribution in [3.63, 3.8) is 0 Å². The van der Waals surface area contributed by atoms with Gasteiger partial charge in [-0.3, -0.25) is 4.79 Å². The van der Waals surface area contributed by atoms with Gasteiger partial charge in [0.2, 0.25) is 0 Å². The van der Waals surface area contributed by atoms with Gasteiger partial charge < -0.3 is 10.1 Å². The number of nitriles is 1. The average molecular weight is 331 g/mol. The van der Waals surface area contributed by atoms with Crippen LogP contribution in [0.25, 0.3) is 10.9 Å². The average Bonchev–Trinajstić information content (AvgIpc) is 2.67. The van der Waals surface area contributed by atoms with E-state index in [0.717, 1.165) is 22.2 Å². The smallest absolute Gasteiger partial charge is 0.270 e. The van der Waals surface area contributed by atoms with Crippen LogP contribution in [-0.2, 0) is 0 Å². The fourth-order valence-corrected chi connectivity index (χ4v) is 2.56. The van der Waals surface area contributed by atoms with Crippen LogP contribution in [-0.4, -0.2) is 18.0 Å². The van der Waals surface area contributed by atoms with Crippen LogP contribution >= 0.6 is 0 Å². The fraction of sp³-hybridized carbons (Fsp3) is 0.150. The van der Waals surface area contributed by atoms with E-state index in [1.165, 1.54) is 0 Å². The van der Waals surface area contributed by atoms with Crippen molar-refractivity contribution in [1.29, 1.82) is 5.26 Å². The number of ether oxygens (including phenoxy) is 1. The van der Waals surface area contributed by atoms with Gasteiger partial charge in [0, 0.05) is 5.39 Å². The second-order valence-corrected chi connectivity index (χ2v) is 5.68. The van der Waals surface area contributed by atoms with Crippen molar-refractivity contribution >= 4 is 16.8 Å². The van der Waals surface area contributed by atoms with Crippen LogP contribution in [0.4, 0.5) is 0 Å². The normalized spacial score (nSPS) is 11.6. The molecule has 0 spiro atoms. The molecule has 0 saturated carbocycles. The Morgan fingerprint density at radius 3 is 2.60 bits per heavy atom. The molecule has 2 aromatic carbocycles. The maximum atomic E-state index is 12.5. The summed E-state index contributed by atoms with van der Waals surface area (Å²) in [6.45, 7) is 1.89. The first kappa shape index (κ1) is 16.5. The monoisotopic (exact) mass is 331 g/mol. The van der Waals surface area contributed by atoms with Gasteiger partial charge in [-0.25, -0.2) is 4.98 Å². The summed E-state index contributed by atoms with van der Waals surface area (Å²) in [6.07, 6.45) is 0. The molecule has 0 saturated heterocycles. The summed E-state index contributed by atoms with van der Waals surface area (Å²) in [4.78, 5) is 16.9. The van der Waals surface area contributed by atoms with Gasteiger partial charge in [-0.05, 0) is 48.9 Å². The number of nitrogens with one attached hydrogen (secondary N) is 1. The molecule has 1 aromatic heterocycles. The van der Waals surface area contributed by atoms with E-state index in [9.17, 15) is 4.79 Å². The van der Waals surface area contributed by atoms with Crippen molar-refractivity contribution in [2.45, 2.75) is 13.0 Å². The molecule has 0 aliphatic rings. The Morgan fingerprint density at radius 2 is 1.92 bits per heavy atom. The van der Waals surface area contributed by atoms with E-state index >= 15 is 0 Å². The number of rotatable bonds is 4. The van der Waals surface area contributed by atoms with E-state index in [2.05, 4.69) is 16.4 Å². The van der Waals surface area contributed by atoms with Crippen LogP contribution in [0.2, 0.25) is 0 Å². The van der Waals surface area contributed by atoms with Gasteiger partial charge in [0.1, 0.15) is 11.4 Å². The van der Waals surface area contributed by atoms with Crippen LogP contribution < -0.4 is 10.1 Å². The second kappa shape index (κ2) is 7.02. The minimum absolute atomic E-state index is 0.186. The maximum absolute atomic E-state index is 12.5. The van der Waals surface area contributed by atoms with Crippen LogP contribution in [0.3, 0.4) is 0 Å². The predicted molar refractivity (Wildman–Crippen MR) is 95.3 cm³/mol. The summed E-state index contributed by atoms with van der Waals surface area (Å²) in [5, 5.41) is 12.7. The number of hydrogen-bond donors (Lipinski definition) is 1. The highest BCUT2D eigenvalue weighted by molar-refractivity contribution is 5.95. The Balaban J connectivity index is 1.78. The third-order valence-electron chi connectivity index (χ3n) is 4.02. The van der Waals surface area contributed by atoms with E-state index in [0.29, 0.717) is 11.3 Å². The highest BCUT2D eigenvalue weighted by Gasteiger charge is 2.13. The van der Waals surface area contributed by atoms with E-state index in [-0.39, 0.29) is 11.9 Å². The first-order valence-electron chi connectivity index (χ1n) is 7.86. The van der Waals surface area contributed by atoms with Gasteiger partial charge in [0.15, 0.2) is 0 Å². The SMILES string of the molecule is COc1ccc2nc(C(=O)NC(C)c3ccc(C#N)cc3)ccc2c1.